The largest absolute Gasteiger partial charge is 0.452 e. The summed E-state index contributed by atoms with van der Waals surface area (Å²) >= 11 is 0. The summed E-state index contributed by atoms with van der Waals surface area (Å²) in [7, 11) is 0. The lowest BCUT2D eigenvalue weighted by Crippen LogP contribution is -2.31. The first-order valence-electron chi connectivity index (χ1n) is 7.83. The van der Waals surface area contributed by atoms with Crippen molar-refractivity contribution in [3.63, 3.8) is 0 Å². The van der Waals surface area contributed by atoms with Crippen LogP contribution in [0.2, 0.25) is 0 Å². The molecule has 0 saturated heterocycles. The SMILES string of the molecule is CC[C@H](C(=O)O[C@@H](C)C(=O)Nc1ccc(F)cc1)c1ccccc1. The Morgan fingerprint density at radius 2 is 1.71 bits per heavy atom. The second-order valence-electron chi connectivity index (χ2n) is 5.45. The van der Waals surface area contributed by atoms with E-state index in [2.05, 4.69) is 5.32 Å². The van der Waals surface area contributed by atoms with E-state index < -0.39 is 23.9 Å². The van der Waals surface area contributed by atoms with Crippen molar-refractivity contribution in [1.29, 1.82) is 0 Å². The van der Waals surface area contributed by atoms with Gasteiger partial charge in [0.2, 0.25) is 0 Å². The second kappa shape index (κ2) is 8.24. The third-order valence-electron chi connectivity index (χ3n) is 3.67. The van der Waals surface area contributed by atoms with Crippen LogP contribution in [-0.4, -0.2) is 18.0 Å². The molecule has 0 aromatic heterocycles. The Hall–Kier alpha value is -2.69. The number of halogens is 1. The molecule has 0 aliphatic carbocycles. The normalized spacial score (nSPS) is 13.0. The average molecular weight is 329 g/mol. The quantitative estimate of drug-likeness (QED) is 0.818. The fourth-order valence-corrected chi connectivity index (χ4v) is 2.31. The number of carbonyl (C=O) groups excluding carboxylic acids is 2. The molecule has 126 valence electrons. The molecule has 0 aliphatic heterocycles. The molecule has 0 spiro atoms. The maximum absolute atomic E-state index is 12.9. The monoisotopic (exact) mass is 329 g/mol. The highest BCUT2D eigenvalue weighted by Gasteiger charge is 2.25. The molecule has 0 radical (unpaired) electrons. The van der Waals surface area contributed by atoms with Crippen LogP contribution in [-0.2, 0) is 14.3 Å². The molecule has 24 heavy (non-hydrogen) atoms. The zero-order chi connectivity index (χ0) is 17.5. The van der Waals surface area contributed by atoms with Crippen LogP contribution in [0.5, 0.6) is 0 Å². The highest BCUT2D eigenvalue weighted by atomic mass is 19.1. The smallest absolute Gasteiger partial charge is 0.314 e. The number of benzene rings is 2. The van der Waals surface area contributed by atoms with Crippen molar-refractivity contribution < 1.29 is 18.7 Å². The first kappa shape index (κ1) is 17.7. The molecule has 2 aromatic carbocycles. The van der Waals surface area contributed by atoms with Gasteiger partial charge in [-0.2, -0.15) is 0 Å². The summed E-state index contributed by atoms with van der Waals surface area (Å²) < 4.78 is 18.2. The van der Waals surface area contributed by atoms with Gasteiger partial charge < -0.3 is 10.1 Å². The summed E-state index contributed by atoms with van der Waals surface area (Å²) in [5.41, 5.74) is 1.30. The van der Waals surface area contributed by atoms with Gasteiger partial charge in [-0.25, -0.2) is 4.39 Å². The Morgan fingerprint density at radius 3 is 2.29 bits per heavy atom. The van der Waals surface area contributed by atoms with Crippen molar-refractivity contribution in [2.45, 2.75) is 32.3 Å². The minimum atomic E-state index is -0.944. The molecule has 2 rings (SSSR count). The lowest BCUT2D eigenvalue weighted by molar-refractivity contribution is -0.154. The topological polar surface area (TPSA) is 55.4 Å². The Morgan fingerprint density at radius 1 is 1.08 bits per heavy atom. The number of esters is 1. The van der Waals surface area contributed by atoms with Gasteiger partial charge in [0.15, 0.2) is 6.10 Å². The zero-order valence-corrected chi connectivity index (χ0v) is 13.7. The molecular weight excluding hydrogens is 309 g/mol. The highest BCUT2D eigenvalue weighted by Crippen LogP contribution is 2.21. The van der Waals surface area contributed by atoms with Crippen LogP contribution in [0.4, 0.5) is 10.1 Å². The molecule has 0 saturated carbocycles. The van der Waals surface area contributed by atoms with E-state index in [4.69, 9.17) is 4.74 Å². The van der Waals surface area contributed by atoms with E-state index in [9.17, 15) is 14.0 Å². The lowest BCUT2D eigenvalue weighted by Gasteiger charge is -2.18. The predicted octanol–water partition coefficient (Wildman–Crippen LogP) is 3.89. The summed E-state index contributed by atoms with van der Waals surface area (Å²) in [5.74, 6) is -1.70. The second-order valence-corrected chi connectivity index (χ2v) is 5.45. The molecule has 0 bridgehead atoms. The van der Waals surface area contributed by atoms with Crippen molar-refractivity contribution in [3.8, 4) is 0 Å². The predicted molar refractivity (Wildman–Crippen MR) is 90.1 cm³/mol. The van der Waals surface area contributed by atoms with E-state index in [1.807, 2.05) is 37.3 Å². The number of hydrogen-bond donors (Lipinski definition) is 1. The van der Waals surface area contributed by atoms with Crippen molar-refractivity contribution in [3.05, 3.63) is 66.0 Å². The number of ether oxygens (including phenoxy) is 1. The average Bonchev–Trinajstić information content (AvgIpc) is 2.58. The van der Waals surface area contributed by atoms with E-state index in [-0.39, 0.29) is 5.82 Å². The van der Waals surface area contributed by atoms with Gasteiger partial charge >= 0.3 is 5.97 Å². The van der Waals surface area contributed by atoms with Gasteiger partial charge in [0.1, 0.15) is 5.82 Å². The van der Waals surface area contributed by atoms with Crippen LogP contribution < -0.4 is 5.32 Å². The number of rotatable bonds is 6. The number of amides is 1. The molecule has 4 nitrogen and oxygen atoms in total. The van der Waals surface area contributed by atoms with Gasteiger partial charge in [0.05, 0.1) is 5.92 Å². The summed E-state index contributed by atoms with van der Waals surface area (Å²) in [6.07, 6.45) is -0.366. The molecule has 0 aliphatic rings. The van der Waals surface area contributed by atoms with Crippen molar-refractivity contribution in [2.24, 2.45) is 0 Å². The molecule has 0 unspecified atom stereocenters. The number of carbonyl (C=O) groups is 2. The van der Waals surface area contributed by atoms with Gasteiger partial charge in [-0.1, -0.05) is 37.3 Å². The van der Waals surface area contributed by atoms with E-state index in [1.165, 1.54) is 31.2 Å². The first-order chi connectivity index (χ1) is 11.5. The van der Waals surface area contributed by atoms with Crippen LogP contribution in [0.15, 0.2) is 54.6 Å². The van der Waals surface area contributed by atoms with Gasteiger partial charge in [-0.3, -0.25) is 9.59 Å². The van der Waals surface area contributed by atoms with E-state index in [1.54, 1.807) is 0 Å². The lowest BCUT2D eigenvalue weighted by atomic mass is 9.97. The number of anilines is 1. The molecule has 0 fully saturated rings. The standard InChI is InChI=1S/C19H20FNO3/c1-3-17(14-7-5-4-6-8-14)19(23)24-13(2)18(22)21-16-11-9-15(20)10-12-16/h4-13,17H,3H2,1-2H3,(H,21,22)/t13-,17-/m0/s1. The number of hydrogen-bond acceptors (Lipinski definition) is 3. The van der Waals surface area contributed by atoms with Gasteiger partial charge in [0.25, 0.3) is 5.91 Å². The fraction of sp³-hybridized carbons (Fsp3) is 0.263. The molecule has 1 N–H and O–H groups in total. The molecule has 1 amide bonds. The third-order valence-corrected chi connectivity index (χ3v) is 3.67. The molecule has 2 aromatic rings. The van der Waals surface area contributed by atoms with Crippen LogP contribution >= 0.6 is 0 Å². The maximum atomic E-state index is 12.9. The Bertz CT molecular complexity index is 686. The van der Waals surface area contributed by atoms with Crippen molar-refractivity contribution in [2.75, 3.05) is 5.32 Å². The Kier molecular flexibility index (Phi) is 6.07. The summed E-state index contributed by atoms with van der Waals surface area (Å²) in [6.45, 7) is 3.40. The summed E-state index contributed by atoms with van der Waals surface area (Å²) in [5, 5.41) is 2.59. The highest BCUT2D eigenvalue weighted by molar-refractivity contribution is 5.95. The Labute approximate surface area is 140 Å². The van der Waals surface area contributed by atoms with Crippen LogP contribution in [0.3, 0.4) is 0 Å². The van der Waals surface area contributed by atoms with Gasteiger partial charge in [0, 0.05) is 5.69 Å². The Balaban J connectivity index is 1.97. The minimum absolute atomic E-state index is 0.388. The molecule has 2 atom stereocenters. The van der Waals surface area contributed by atoms with E-state index in [0.29, 0.717) is 12.1 Å². The zero-order valence-electron chi connectivity index (χ0n) is 13.7. The summed E-state index contributed by atoms with van der Waals surface area (Å²) in [4.78, 5) is 24.4. The third kappa shape index (κ3) is 4.65. The van der Waals surface area contributed by atoms with E-state index >= 15 is 0 Å². The first-order valence-corrected chi connectivity index (χ1v) is 7.83. The minimum Gasteiger partial charge on any atom is -0.452 e. The van der Waals surface area contributed by atoms with E-state index in [0.717, 1.165) is 5.56 Å². The maximum Gasteiger partial charge on any atom is 0.314 e. The van der Waals surface area contributed by atoms with Crippen LogP contribution in [0.25, 0.3) is 0 Å². The van der Waals surface area contributed by atoms with Crippen molar-refractivity contribution in [1.82, 2.24) is 0 Å². The molecule has 0 heterocycles. The molecular formula is C19H20FNO3. The fourth-order valence-electron chi connectivity index (χ4n) is 2.31. The number of nitrogens with one attached hydrogen (secondary N) is 1. The van der Waals surface area contributed by atoms with Crippen LogP contribution in [0.1, 0.15) is 31.7 Å². The van der Waals surface area contributed by atoms with Gasteiger partial charge in [-0.15, -0.1) is 0 Å². The van der Waals surface area contributed by atoms with Gasteiger partial charge in [-0.05, 0) is 43.2 Å². The van der Waals surface area contributed by atoms with Crippen LogP contribution in [0, 0.1) is 5.82 Å². The van der Waals surface area contributed by atoms with Crippen molar-refractivity contribution >= 4 is 17.6 Å². The molecule has 5 heteroatoms. The summed E-state index contributed by atoms with van der Waals surface area (Å²) in [6, 6.07) is 14.7.